The summed E-state index contributed by atoms with van der Waals surface area (Å²) in [7, 11) is 2.06. The van der Waals surface area contributed by atoms with Crippen LogP contribution in [0.25, 0.3) is 0 Å². The van der Waals surface area contributed by atoms with Gasteiger partial charge in [0.2, 0.25) is 5.91 Å². The third-order valence-corrected chi connectivity index (χ3v) is 11.1. The van der Waals surface area contributed by atoms with E-state index >= 15 is 0 Å². The quantitative estimate of drug-likeness (QED) is 0.585. The lowest BCUT2D eigenvalue weighted by molar-refractivity contribution is -0.157. The molecule has 6 rings (SSSR count). The number of hydrogen-bond donors (Lipinski definition) is 1. The molecule has 0 unspecified atom stereocenters. The number of carbonyl (C=O) groups excluding carboxylic acids is 1. The van der Waals surface area contributed by atoms with Gasteiger partial charge < -0.3 is 10.2 Å². The van der Waals surface area contributed by atoms with E-state index in [4.69, 9.17) is 4.98 Å². The summed E-state index contributed by atoms with van der Waals surface area (Å²) >= 11 is 1.72. The van der Waals surface area contributed by atoms with Crippen LogP contribution in [-0.4, -0.2) is 33.9 Å². The Kier molecular flexibility index (Phi) is 5.09. The molecule has 6 heteroatoms. The van der Waals surface area contributed by atoms with E-state index in [0.717, 1.165) is 41.4 Å². The molecule has 2 aromatic rings. The Balaban J connectivity index is 1.23. The van der Waals surface area contributed by atoms with Gasteiger partial charge >= 0.3 is 0 Å². The van der Waals surface area contributed by atoms with Crippen LogP contribution in [0.2, 0.25) is 0 Å². The van der Waals surface area contributed by atoms with Gasteiger partial charge in [-0.25, -0.2) is 4.98 Å². The molecule has 2 aromatic heterocycles. The summed E-state index contributed by atoms with van der Waals surface area (Å²) in [5.41, 5.74) is 2.93. The van der Waals surface area contributed by atoms with Crippen molar-refractivity contribution in [3.63, 3.8) is 0 Å². The number of hydrogen-bond acceptors (Lipinski definition) is 5. The van der Waals surface area contributed by atoms with Crippen molar-refractivity contribution in [1.82, 2.24) is 14.9 Å². The van der Waals surface area contributed by atoms with Crippen LogP contribution in [-0.2, 0) is 4.79 Å². The number of aromatic nitrogens is 2. The zero-order valence-corrected chi connectivity index (χ0v) is 20.9. The molecule has 176 valence electrons. The molecule has 1 N–H and O–H groups in total. The van der Waals surface area contributed by atoms with Gasteiger partial charge in [0.05, 0.1) is 17.6 Å². The first-order valence-corrected chi connectivity index (χ1v) is 13.7. The Morgan fingerprint density at radius 2 is 1.94 bits per heavy atom. The van der Waals surface area contributed by atoms with E-state index < -0.39 is 0 Å². The van der Waals surface area contributed by atoms with Crippen LogP contribution in [0.1, 0.15) is 76.8 Å². The molecule has 4 aliphatic rings. The van der Waals surface area contributed by atoms with Crippen molar-refractivity contribution in [1.29, 1.82) is 0 Å². The average Bonchev–Trinajstić information content (AvgIpc) is 3.41. The summed E-state index contributed by atoms with van der Waals surface area (Å²) in [6, 6.07) is 4.43. The predicted octanol–water partition coefficient (Wildman–Crippen LogP) is 6.23. The Morgan fingerprint density at radius 3 is 2.76 bits per heavy atom. The molecule has 0 bridgehead atoms. The maximum absolute atomic E-state index is 12.4. The normalized spacial score (nSPS) is 40.2. The van der Waals surface area contributed by atoms with E-state index in [1.165, 1.54) is 44.2 Å². The van der Waals surface area contributed by atoms with Crippen molar-refractivity contribution in [3.05, 3.63) is 35.6 Å². The molecule has 5 nitrogen and oxygen atoms in total. The summed E-state index contributed by atoms with van der Waals surface area (Å²) < 4.78 is 0. The molecule has 1 aliphatic heterocycles. The second-order valence-corrected chi connectivity index (χ2v) is 12.5. The van der Waals surface area contributed by atoms with Crippen LogP contribution in [0.4, 0.5) is 10.8 Å². The van der Waals surface area contributed by atoms with E-state index in [1.807, 2.05) is 18.3 Å². The lowest BCUT2D eigenvalue weighted by Crippen LogP contribution is -2.61. The van der Waals surface area contributed by atoms with Gasteiger partial charge in [0.1, 0.15) is 0 Å². The molecule has 0 spiro atoms. The minimum atomic E-state index is 0.298. The van der Waals surface area contributed by atoms with E-state index in [1.54, 1.807) is 17.5 Å². The van der Waals surface area contributed by atoms with Crippen molar-refractivity contribution < 1.29 is 4.79 Å². The van der Waals surface area contributed by atoms with E-state index in [-0.39, 0.29) is 0 Å². The molecule has 7 atom stereocenters. The van der Waals surface area contributed by atoms with Gasteiger partial charge in [-0.15, -0.1) is 11.3 Å². The van der Waals surface area contributed by atoms with E-state index in [0.29, 0.717) is 28.7 Å². The van der Waals surface area contributed by atoms with Gasteiger partial charge in [-0.05, 0) is 85.7 Å². The highest BCUT2D eigenvalue weighted by atomic mass is 32.1. The Morgan fingerprint density at radius 1 is 1.09 bits per heavy atom. The fourth-order valence-electron chi connectivity index (χ4n) is 8.70. The minimum Gasteiger partial charge on any atom is -0.342 e. The Labute approximate surface area is 201 Å². The zero-order chi connectivity index (χ0) is 22.8. The summed E-state index contributed by atoms with van der Waals surface area (Å²) in [6.07, 6.45) is 13.2. The van der Waals surface area contributed by atoms with Crippen LogP contribution >= 0.6 is 11.3 Å². The third-order valence-electron chi connectivity index (χ3n) is 10.3. The Hall–Kier alpha value is -1.95. The van der Waals surface area contributed by atoms with Gasteiger partial charge in [-0.2, -0.15) is 0 Å². The van der Waals surface area contributed by atoms with Crippen molar-refractivity contribution in [2.45, 2.75) is 77.2 Å². The van der Waals surface area contributed by atoms with Crippen LogP contribution in [0.3, 0.4) is 0 Å². The topological polar surface area (TPSA) is 58.1 Å². The third kappa shape index (κ3) is 3.27. The second kappa shape index (κ2) is 7.79. The number of fused-ring (bicyclic) bond motifs is 5. The largest absolute Gasteiger partial charge is 0.342 e. The van der Waals surface area contributed by atoms with Gasteiger partial charge in [0.15, 0.2) is 5.13 Å². The number of nitrogens with zero attached hydrogens (tertiary/aromatic N) is 3. The van der Waals surface area contributed by atoms with E-state index in [2.05, 4.69) is 41.5 Å². The molecule has 1 amide bonds. The number of rotatable bonds is 3. The lowest BCUT2D eigenvalue weighted by atomic mass is 9.46. The molecule has 3 saturated carbocycles. The smallest absolute Gasteiger partial charge is 0.222 e. The van der Waals surface area contributed by atoms with E-state index in [9.17, 15) is 4.79 Å². The fourth-order valence-corrected chi connectivity index (χ4v) is 9.48. The number of anilines is 2. The van der Waals surface area contributed by atoms with Crippen molar-refractivity contribution in [3.8, 4) is 0 Å². The van der Waals surface area contributed by atoms with Gasteiger partial charge in [0, 0.05) is 37.0 Å². The fraction of sp³-hybridized carbons (Fsp3) is 0.667. The van der Waals surface area contributed by atoms with Crippen molar-refractivity contribution >= 4 is 28.1 Å². The summed E-state index contributed by atoms with van der Waals surface area (Å²) in [6.45, 7) is 5.09. The van der Waals surface area contributed by atoms with Gasteiger partial charge in [0.25, 0.3) is 0 Å². The summed E-state index contributed by atoms with van der Waals surface area (Å²) in [5.74, 6) is 3.28. The molecule has 3 aliphatic carbocycles. The standard InChI is InChI=1S/C27H36N4OS/c1-26-12-10-20-18(6-9-23-27(20,2)13-11-24(32)31(23)3)19(26)7-8-21(26)22-16-33-25(30-22)29-17-5-4-14-28-15-17/h4-5,14-16,18-21,23H,6-13H2,1-3H3,(H,29,30)/t18-,19-,20-,21+,23+,26-,27+/m0/s1. The highest BCUT2D eigenvalue weighted by Crippen LogP contribution is 2.67. The summed E-state index contributed by atoms with van der Waals surface area (Å²) in [5, 5.41) is 6.70. The number of amides is 1. The number of piperidine rings is 1. The Bertz CT molecular complexity index is 1040. The van der Waals surface area contributed by atoms with Crippen LogP contribution < -0.4 is 5.32 Å². The van der Waals surface area contributed by atoms with Gasteiger partial charge in [-0.1, -0.05) is 13.8 Å². The number of nitrogens with one attached hydrogen (secondary N) is 1. The molecule has 33 heavy (non-hydrogen) atoms. The van der Waals surface area contributed by atoms with Crippen molar-refractivity contribution in [2.75, 3.05) is 12.4 Å². The highest BCUT2D eigenvalue weighted by molar-refractivity contribution is 7.13. The number of thiazole rings is 1. The minimum absolute atomic E-state index is 0.298. The van der Waals surface area contributed by atoms with Crippen LogP contribution in [0, 0.1) is 28.6 Å². The first-order valence-electron chi connectivity index (χ1n) is 12.8. The monoisotopic (exact) mass is 464 g/mol. The first kappa shape index (κ1) is 21.6. The molecule has 0 radical (unpaired) electrons. The number of carbonyl (C=O) groups is 1. The molecular weight excluding hydrogens is 428 g/mol. The zero-order valence-electron chi connectivity index (χ0n) is 20.1. The van der Waals surface area contributed by atoms with Gasteiger partial charge in [-0.3, -0.25) is 9.78 Å². The average molecular weight is 465 g/mol. The van der Waals surface area contributed by atoms with Crippen LogP contribution in [0.15, 0.2) is 29.9 Å². The van der Waals surface area contributed by atoms with Crippen molar-refractivity contribution in [2.24, 2.45) is 28.6 Å². The molecule has 1 saturated heterocycles. The lowest BCUT2D eigenvalue weighted by Gasteiger charge is -2.61. The first-order chi connectivity index (χ1) is 15.9. The summed E-state index contributed by atoms with van der Waals surface area (Å²) in [4.78, 5) is 23.8. The maximum atomic E-state index is 12.4. The highest BCUT2D eigenvalue weighted by Gasteiger charge is 2.61. The molecule has 4 fully saturated rings. The second-order valence-electron chi connectivity index (χ2n) is 11.6. The molecular formula is C27H36N4OS. The number of pyridine rings is 1. The maximum Gasteiger partial charge on any atom is 0.222 e. The number of likely N-dealkylation sites (tertiary alicyclic amines) is 1. The SMILES string of the molecule is CN1C(=O)CC[C@]2(C)[C@H]3CC[C@]4(C)[C@@H](c5csc(Nc6cccnc6)n5)CC[C@H]4[C@@H]3CC[C@@H]12. The predicted molar refractivity (Wildman–Crippen MR) is 133 cm³/mol. The van der Waals surface area contributed by atoms with Crippen LogP contribution in [0.5, 0.6) is 0 Å². The molecule has 3 heterocycles. The molecule has 0 aromatic carbocycles.